The zero-order valence-corrected chi connectivity index (χ0v) is 8.30. The Labute approximate surface area is 83.6 Å². The maximum atomic E-state index is 8.82. The van der Waals surface area contributed by atoms with Crippen LogP contribution in [0.2, 0.25) is 0 Å². The summed E-state index contributed by atoms with van der Waals surface area (Å²) < 4.78 is 0. The normalized spacial score (nSPS) is 11.0. The van der Waals surface area contributed by atoms with Crippen LogP contribution in [0, 0.1) is 6.07 Å². The number of rotatable bonds is 3. The molecule has 0 unspecified atom stereocenters. The molecular formula is C12H14NO. The van der Waals surface area contributed by atoms with Crippen molar-refractivity contribution in [3.05, 3.63) is 35.5 Å². The molecule has 2 heteroatoms. The minimum Gasteiger partial charge on any atom is -0.396 e. The van der Waals surface area contributed by atoms with Crippen molar-refractivity contribution in [2.24, 2.45) is 0 Å². The number of benzene rings is 1. The highest BCUT2D eigenvalue weighted by Crippen LogP contribution is 2.17. The monoisotopic (exact) mass is 188 g/mol. The standard InChI is InChI=1S/C12H14NO/c1-2-9-3-4-12-10(7-9)8-11(13-12)5-6-14/h4,7-8,13-14H,2,5-6H2,1H3. The van der Waals surface area contributed by atoms with Crippen molar-refractivity contribution >= 4 is 10.9 Å². The number of aliphatic hydroxyl groups excluding tert-OH is 1. The average Bonchev–Trinajstić information content (AvgIpc) is 2.59. The molecule has 0 spiro atoms. The van der Waals surface area contributed by atoms with E-state index in [1.54, 1.807) is 0 Å². The molecule has 0 aliphatic rings. The van der Waals surface area contributed by atoms with Crippen molar-refractivity contribution in [2.75, 3.05) is 6.61 Å². The predicted octanol–water partition coefficient (Wildman–Crippen LogP) is 2.07. The van der Waals surface area contributed by atoms with Crippen LogP contribution in [0.15, 0.2) is 18.2 Å². The van der Waals surface area contributed by atoms with Crippen LogP contribution in [0.3, 0.4) is 0 Å². The van der Waals surface area contributed by atoms with Crippen LogP contribution in [-0.2, 0) is 12.8 Å². The Balaban J connectivity index is 2.43. The summed E-state index contributed by atoms with van der Waals surface area (Å²) in [5, 5.41) is 10.0. The SMILES string of the molecule is CCc1[c]cc2[nH]c(CCO)cc2c1. The molecule has 0 aliphatic carbocycles. The quantitative estimate of drug-likeness (QED) is 0.760. The lowest BCUT2D eigenvalue weighted by molar-refractivity contribution is 0.298. The second-order valence-corrected chi connectivity index (χ2v) is 3.45. The van der Waals surface area contributed by atoms with E-state index in [-0.39, 0.29) is 6.61 Å². The highest BCUT2D eigenvalue weighted by Gasteiger charge is 2.00. The molecule has 1 radical (unpaired) electrons. The molecule has 2 N–H and O–H groups in total. The number of aromatic amines is 1. The van der Waals surface area contributed by atoms with Crippen molar-refractivity contribution in [3.63, 3.8) is 0 Å². The molecule has 1 aromatic carbocycles. The van der Waals surface area contributed by atoms with Gasteiger partial charge in [-0.15, -0.1) is 0 Å². The summed E-state index contributed by atoms with van der Waals surface area (Å²) >= 11 is 0. The van der Waals surface area contributed by atoms with Gasteiger partial charge in [0.2, 0.25) is 0 Å². The zero-order valence-electron chi connectivity index (χ0n) is 8.30. The third kappa shape index (κ3) is 1.66. The topological polar surface area (TPSA) is 36.0 Å². The lowest BCUT2D eigenvalue weighted by Gasteiger charge is -1.94. The van der Waals surface area contributed by atoms with E-state index in [1.807, 2.05) is 6.07 Å². The van der Waals surface area contributed by atoms with E-state index in [4.69, 9.17) is 5.11 Å². The fourth-order valence-electron chi connectivity index (χ4n) is 1.64. The molecule has 2 aromatic rings. The van der Waals surface area contributed by atoms with Gasteiger partial charge in [0, 0.05) is 24.2 Å². The number of nitrogens with one attached hydrogen (secondary N) is 1. The summed E-state index contributed by atoms with van der Waals surface area (Å²) in [6.07, 6.45) is 1.70. The number of aromatic nitrogens is 1. The Morgan fingerprint density at radius 1 is 1.43 bits per heavy atom. The molecule has 0 aliphatic heterocycles. The first kappa shape index (κ1) is 9.28. The first-order valence-corrected chi connectivity index (χ1v) is 4.96. The second kappa shape index (κ2) is 3.84. The van der Waals surface area contributed by atoms with E-state index >= 15 is 0 Å². The Kier molecular flexibility index (Phi) is 2.55. The van der Waals surface area contributed by atoms with Gasteiger partial charge < -0.3 is 10.1 Å². The molecule has 14 heavy (non-hydrogen) atoms. The molecule has 73 valence electrons. The van der Waals surface area contributed by atoms with Crippen LogP contribution in [0.5, 0.6) is 0 Å². The van der Waals surface area contributed by atoms with Gasteiger partial charge in [-0.3, -0.25) is 0 Å². The zero-order chi connectivity index (χ0) is 9.97. The molecule has 2 rings (SSSR count). The van der Waals surface area contributed by atoms with Crippen molar-refractivity contribution in [2.45, 2.75) is 19.8 Å². The number of fused-ring (bicyclic) bond motifs is 1. The third-order valence-corrected chi connectivity index (χ3v) is 2.43. The molecule has 0 saturated heterocycles. The van der Waals surface area contributed by atoms with E-state index in [0.717, 1.165) is 17.6 Å². The predicted molar refractivity (Wildman–Crippen MR) is 57.3 cm³/mol. The number of aryl methyl sites for hydroxylation is 1. The smallest absolute Gasteiger partial charge is 0.0485 e. The first-order chi connectivity index (χ1) is 6.83. The van der Waals surface area contributed by atoms with Gasteiger partial charge in [-0.25, -0.2) is 0 Å². The number of H-pyrrole nitrogens is 1. The van der Waals surface area contributed by atoms with Gasteiger partial charge in [0.05, 0.1) is 0 Å². The summed E-state index contributed by atoms with van der Waals surface area (Å²) in [6.45, 7) is 2.32. The minimum atomic E-state index is 0.192. The highest BCUT2D eigenvalue weighted by molar-refractivity contribution is 5.80. The Morgan fingerprint density at radius 3 is 3.00 bits per heavy atom. The Hall–Kier alpha value is -1.28. The molecule has 0 amide bonds. The fraction of sp³-hybridized carbons (Fsp3) is 0.333. The lowest BCUT2D eigenvalue weighted by atomic mass is 10.1. The summed E-state index contributed by atoms with van der Waals surface area (Å²) in [5.41, 5.74) is 3.42. The maximum Gasteiger partial charge on any atom is 0.0485 e. The van der Waals surface area contributed by atoms with E-state index in [1.165, 1.54) is 10.9 Å². The van der Waals surface area contributed by atoms with E-state index < -0.39 is 0 Å². The number of aliphatic hydroxyl groups is 1. The van der Waals surface area contributed by atoms with Crippen molar-refractivity contribution in [3.8, 4) is 0 Å². The van der Waals surface area contributed by atoms with Gasteiger partial charge in [-0.1, -0.05) is 6.92 Å². The lowest BCUT2D eigenvalue weighted by Crippen LogP contribution is -1.88. The summed E-state index contributed by atoms with van der Waals surface area (Å²) in [7, 11) is 0. The van der Waals surface area contributed by atoms with E-state index in [2.05, 4.69) is 30.1 Å². The molecule has 1 aromatic heterocycles. The largest absolute Gasteiger partial charge is 0.396 e. The van der Waals surface area contributed by atoms with Gasteiger partial charge in [0.15, 0.2) is 0 Å². The van der Waals surface area contributed by atoms with Crippen LogP contribution < -0.4 is 0 Å². The van der Waals surface area contributed by atoms with Crippen LogP contribution in [0.4, 0.5) is 0 Å². The molecule has 0 saturated carbocycles. The maximum absolute atomic E-state index is 8.82. The summed E-state index contributed by atoms with van der Waals surface area (Å²) in [4.78, 5) is 3.26. The molecule has 0 atom stereocenters. The van der Waals surface area contributed by atoms with Gasteiger partial charge in [-0.2, -0.15) is 0 Å². The van der Waals surface area contributed by atoms with Crippen LogP contribution >= 0.6 is 0 Å². The average molecular weight is 188 g/mol. The fourth-order valence-corrected chi connectivity index (χ4v) is 1.64. The molecule has 0 bridgehead atoms. The van der Waals surface area contributed by atoms with E-state index in [9.17, 15) is 0 Å². The van der Waals surface area contributed by atoms with Crippen LogP contribution in [-0.4, -0.2) is 16.7 Å². The Morgan fingerprint density at radius 2 is 2.29 bits per heavy atom. The first-order valence-electron chi connectivity index (χ1n) is 4.96. The van der Waals surface area contributed by atoms with Crippen LogP contribution in [0.25, 0.3) is 10.9 Å². The van der Waals surface area contributed by atoms with Gasteiger partial charge in [0.25, 0.3) is 0 Å². The molecular weight excluding hydrogens is 174 g/mol. The molecule has 0 fully saturated rings. The minimum absolute atomic E-state index is 0.192. The van der Waals surface area contributed by atoms with Crippen molar-refractivity contribution in [1.82, 2.24) is 4.98 Å². The second-order valence-electron chi connectivity index (χ2n) is 3.45. The molecule has 2 nitrogen and oxygen atoms in total. The van der Waals surface area contributed by atoms with Crippen molar-refractivity contribution in [1.29, 1.82) is 0 Å². The third-order valence-electron chi connectivity index (χ3n) is 2.43. The molecule has 1 heterocycles. The van der Waals surface area contributed by atoms with Gasteiger partial charge in [0.1, 0.15) is 0 Å². The number of hydrogen-bond donors (Lipinski definition) is 2. The number of hydrogen-bond acceptors (Lipinski definition) is 1. The summed E-state index contributed by atoms with van der Waals surface area (Å²) in [5.74, 6) is 0. The van der Waals surface area contributed by atoms with Gasteiger partial charge >= 0.3 is 0 Å². The van der Waals surface area contributed by atoms with Gasteiger partial charge in [-0.05, 0) is 41.6 Å². The van der Waals surface area contributed by atoms with Crippen LogP contribution in [0.1, 0.15) is 18.2 Å². The van der Waals surface area contributed by atoms with Crippen molar-refractivity contribution < 1.29 is 5.11 Å². The Bertz CT molecular complexity index is 431. The highest BCUT2D eigenvalue weighted by atomic mass is 16.3. The van der Waals surface area contributed by atoms with E-state index in [0.29, 0.717) is 6.42 Å². The summed E-state index contributed by atoms with van der Waals surface area (Å²) in [6, 6.07) is 9.45.